The first-order chi connectivity index (χ1) is 22.8. The van der Waals surface area contributed by atoms with Crippen LogP contribution in [0, 0.1) is 6.92 Å². The summed E-state index contributed by atoms with van der Waals surface area (Å²) in [6.07, 6.45) is 3.29. The van der Waals surface area contributed by atoms with Crippen LogP contribution in [0.1, 0.15) is 75.1 Å². The molecule has 0 aliphatic carbocycles. The minimum atomic E-state index is -3.62. The molecule has 1 aliphatic rings. The standard InChI is InChI=1S/C36H49N5O7S/c1-24-11-12-25(33(42)38-29-20-26(35(2,3)4)21-30(32(29)46-8)39-49(9,44)45)19-31(24)47-28-13-14-37-27(22-28)23-40-15-10-16-41(18-17-40)34(43)48-36(5,6)7/h11-14,19-22,39H,10,15-18,23H2,1-9H3,(H,38,42). The summed E-state index contributed by atoms with van der Waals surface area (Å²) in [6, 6.07) is 12.3. The van der Waals surface area contributed by atoms with Gasteiger partial charge in [0.25, 0.3) is 5.91 Å². The van der Waals surface area contributed by atoms with Gasteiger partial charge in [0, 0.05) is 50.6 Å². The number of pyridine rings is 1. The number of methoxy groups -OCH3 is 1. The summed E-state index contributed by atoms with van der Waals surface area (Å²) in [5.41, 5.74) is 2.47. The van der Waals surface area contributed by atoms with Crippen molar-refractivity contribution >= 4 is 33.4 Å². The Morgan fingerprint density at radius 1 is 0.939 bits per heavy atom. The summed E-state index contributed by atoms with van der Waals surface area (Å²) in [6.45, 7) is 16.8. The number of hydrogen-bond acceptors (Lipinski definition) is 9. The fourth-order valence-electron chi connectivity index (χ4n) is 5.30. The molecule has 1 aliphatic heterocycles. The number of carbonyl (C=O) groups is 2. The van der Waals surface area contributed by atoms with Crippen molar-refractivity contribution in [2.24, 2.45) is 0 Å². The van der Waals surface area contributed by atoms with Crippen molar-refractivity contribution in [3.05, 3.63) is 71.0 Å². The van der Waals surface area contributed by atoms with E-state index in [0.29, 0.717) is 48.9 Å². The lowest BCUT2D eigenvalue weighted by atomic mass is 9.86. The van der Waals surface area contributed by atoms with Gasteiger partial charge < -0.3 is 24.4 Å². The number of hydrogen-bond donors (Lipinski definition) is 2. The Balaban J connectivity index is 1.49. The topological polar surface area (TPSA) is 139 Å². The molecule has 13 heteroatoms. The maximum atomic E-state index is 13.6. The number of anilines is 2. The molecular weight excluding hydrogens is 646 g/mol. The number of benzene rings is 2. The van der Waals surface area contributed by atoms with Crippen molar-refractivity contribution in [2.45, 2.75) is 72.4 Å². The van der Waals surface area contributed by atoms with E-state index >= 15 is 0 Å². The molecular formula is C36H49N5O7S. The smallest absolute Gasteiger partial charge is 0.410 e. The van der Waals surface area contributed by atoms with Gasteiger partial charge in [-0.25, -0.2) is 13.2 Å². The molecule has 0 spiro atoms. The molecule has 1 aromatic heterocycles. The fraction of sp³-hybridized carbons (Fsp3) is 0.472. The van der Waals surface area contributed by atoms with Gasteiger partial charge in [0.05, 0.1) is 30.4 Å². The van der Waals surface area contributed by atoms with Crippen molar-refractivity contribution in [1.82, 2.24) is 14.8 Å². The zero-order chi connectivity index (χ0) is 36.1. The van der Waals surface area contributed by atoms with Crippen LogP contribution in [0.3, 0.4) is 0 Å². The molecule has 49 heavy (non-hydrogen) atoms. The maximum Gasteiger partial charge on any atom is 0.410 e. The zero-order valence-electron chi connectivity index (χ0n) is 30.0. The Hall–Kier alpha value is -4.36. The summed E-state index contributed by atoms with van der Waals surface area (Å²) in [7, 11) is -2.20. The van der Waals surface area contributed by atoms with E-state index in [0.717, 1.165) is 36.0 Å². The van der Waals surface area contributed by atoms with E-state index in [1.54, 1.807) is 47.5 Å². The first kappa shape index (κ1) is 37.5. The first-order valence-corrected chi connectivity index (χ1v) is 18.2. The van der Waals surface area contributed by atoms with Crippen LogP contribution in [0.15, 0.2) is 48.7 Å². The van der Waals surface area contributed by atoms with Crippen LogP contribution in [0.25, 0.3) is 0 Å². The van der Waals surface area contributed by atoms with Crippen LogP contribution in [-0.2, 0) is 26.7 Å². The monoisotopic (exact) mass is 695 g/mol. The molecule has 2 aromatic carbocycles. The highest BCUT2D eigenvalue weighted by molar-refractivity contribution is 7.92. The Bertz CT molecular complexity index is 1780. The van der Waals surface area contributed by atoms with Gasteiger partial charge in [0.2, 0.25) is 10.0 Å². The molecule has 0 bridgehead atoms. The van der Waals surface area contributed by atoms with Crippen molar-refractivity contribution in [1.29, 1.82) is 0 Å². The third-order valence-corrected chi connectivity index (χ3v) is 8.39. The predicted molar refractivity (Wildman–Crippen MR) is 191 cm³/mol. The Morgan fingerprint density at radius 2 is 1.65 bits per heavy atom. The van der Waals surface area contributed by atoms with Gasteiger partial charge in [-0.2, -0.15) is 0 Å². The second kappa shape index (κ2) is 15.0. The lowest BCUT2D eigenvalue weighted by molar-refractivity contribution is 0.0257. The predicted octanol–water partition coefficient (Wildman–Crippen LogP) is 6.56. The van der Waals surface area contributed by atoms with Gasteiger partial charge in [-0.05, 0) is 81.0 Å². The van der Waals surface area contributed by atoms with Crippen LogP contribution in [0.2, 0.25) is 0 Å². The summed E-state index contributed by atoms with van der Waals surface area (Å²) in [5.74, 6) is 0.854. The van der Waals surface area contributed by atoms with Crippen LogP contribution < -0.4 is 19.5 Å². The number of carbonyl (C=O) groups excluding carboxylic acids is 2. The lowest BCUT2D eigenvalue weighted by Crippen LogP contribution is -2.39. The molecule has 266 valence electrons. The quantitative estimate of drug-likeness (QED) is 0.255. The molecule has 0 atom stereocenters. The van der Waals surface area contributed by atoms with Crippen LogP contribution >= 0.6 is 0 Å². The number of amides is 2. The van der Waals surface area contributed by atoms with E-state index < -0.39 is 21.5 Å². The summed E-state index contributed by atoms with van der Waals surface area (Å²) < 4.78 is 44.1. The molecule has 0 saturated carbocycles. The van der Waals surface area contributed by atoms with Crippen molar-refractivity contribution in [3.8, 4) is 17.2 Å². The molecule has 2 heterocycles. The van der Waals surface area contributed by atoms with Crippen molar-refractivity contribution < 1.29 is 32.2 Å². The second-order valence-corrected chi connectivity index (χ2v) is 16.1. The van der Waals surface area contributed by atoms with Crippen LogP contribution in [0.4, 0.5) is 16.2 Å². The van der Waals surface area contributed by atoms with Gasteiger partial charge >= 0.3 is 6.09 Å². The first-order valence-electron chi connectivity index (χ1n) is 16.3. The summed E-state index contributed by atoms with van der Waals surface area (Å²) in [5, 5.41) is 2.91. The Labute approximate surface area is 290 Å². The van der Waals surface area contributed by atoms with Gasteiger partial charge in [0.15, 0.2) is 5.75 Å². The Kier molecular flexibility index (Phi) is 11.5. The molecule has 12 nitrogen and oxygen atoms in total. The number of sulfonamides is 1. The number of aryl methyl sites for hydroxylation is 1. The number of nitrogens with one attached hydrogen (secondary N) is 2. The minimum Gasteiger partial charge on any atom is -0.492 e. The maximum absolute atomic E-state index is 13.6. The number of rotatable bonds is 9. The van der Waals surface area contributed by atoms with Gasteiger partial charge in [-0.1, -0.05) is 26.8 Å². The fourth-order valence-corrected chi connectivity index (χ4v) is 5.85. The van der Waals surface area contributed by atoms with E-state index in [-0.39, 0.29) is 22.9 Å². The molecule has 3 aromatic rings. The summed E-state index contributed by atoms with van der Waals surface area (Å²) >= 11 is 0. The average Bonchev–Trinajstić information content (AvgIpc) is 3.22. The molecule has 0 radical (unpaired) electrons. The SMILES string of the molecule is COc1c(NC(=O)c2ccc(C)c(Oc3ccnc(CN4CCCN(C(=O)OC(C)(C)C)CC4)c3)c2)cc(C(C)(C)C)cc1NS(C)(=O)=O. The average molecular weight is 696 g/mol. The largest absolute Gasteiger partial charge is 0.492 e. The molecule has 2 N–H and O–H groups in total. The highest BCUT2D eigenvalue weighted by atomic mass is 32.2. The van der Waals surface area contributed by atoms with Crippen LogP contribution in [0.5, 0.6) is 17.2 Å². The third-order valence-electron chi connectivity index (χ3n) is 7.79. The van der Waals surface area contributed by atoms with E-state index in [9.17, 15) is 18.0 Å². The highest BCUT2D eigenvalue weighted by Gasteiger charge is 2.25. The second-order valence-electron chi connectivity index (χ2n) is 14.3. The van der Waals surface area contributed by atoms with E-state index in [1.807, 2.05) is 54.5 Å². The summed E-state index contributed by atoms with van der Waals surface area (Å²) in [4.78, 5) is 34.7. The van der Waals surface area contributed by atoms with Gasteiger partial charge in [-0.15, -0.1) is 0 Å². The molecule has 1 fully saturated rings. The van der Waals surface area contributed by atoms with Crippen molar-refractivity contribution in [3.63, 3.8) is 0 Å². The van der Waals surface area contributed by atoms with Gasteiger partial charge in [0.1, 0.15) is 17.1 Å². The highest BCUT2D eigenvalue weighted by Crippen LogP contribution is 2.39. The zero-order valence-corrected chi connectivity index (χ0v) is 30.8. The lowest BCUT2D eigenvalue weighted by Gasteiger charge is -2.26. The van der Waals surface area contributed by atoms with E-state index in [4.69, 9.17) is 14.2 Å². The van der Waals surface area contributed by atoms with Crippen molar-refractivity contribution in [2.75, 3.05) is 49.6 Å². The normalized spacial score (nSPS) is 14.5. The third kappa shape index (κ3) is 10.8. The van der Waals surface area contributed by atoms with E-state index in [1.165, 1.54) is 7.11 Å². The number of nitrogens with zero attached hydrogens (tertiary/aromatic N) is 3. The number of ether oxygens (including phenoxy) is 3. The molecule has 1 saturated heterocycles. The minimum absolute atomic E-state index is 0.196. The molecule has 2 amide bonds. The van der Waals surface area contributed by atoms with E-state index in [2.05, 4.69) is 19.9 Å². The Morgan fingerprint density at radius 3 is 2.31 bits per heavy atom. The number of aromatic nitrogens is 1. The van der Waals surface area contributed by atoms with Gasteiger partial charge in [-0.3, -0.25) is 19.4 Å². The van der Waals surface area contributed by atoms with Crippen LogP contribution in [-0.4, -0.2) is 80.3 Å². The molecule has 0 unspecified atom stereocenters. The molecule has 4 rings (SSSR count).